The van der Waals surface area contributed by atoms with E-state index in [1.165, 1.54) is 12.1 Å². The van der Waals surface area contributed by atoms with Gasteiger partial charge in [-0.2, -0.15) is 5.26 Å². The molecular weight excluding hydrogens is 296 g/mol. The number of nitrogens with two attached hydrogens (primary N) is 1. The summed E-state index contributed by atoms with van der Waals surface area (Å²) in [7, 11) is -3.98. The van der Waals surface area contributed by atoms with E-state index >= 15 is 0 Å². The lowest BCUT2D eigenvalue weighted by atomic mass is 9.76. The van der Waals surface area contributed by atoms with E-state index in [9.17, 15) is 18.5 Å². The van der Waals surface area contributed by atoms with Crippen LogP contribution in [0.5, 0.6) is 0 Å². The maximum absolute atomic E-state index is 11.2. The highest BCUT2D eigenvalue weighted by molar-refractivity contribution is 7.89. The molecule has 0 amide bonds. The quantitative estimate of drug-likeness (QED) is 0.618. The lowest BCUT2D eigenvalue weighted by Crippen LogP contribution is -2.28. The number of nitro groups is 1. The Bertz CT molecular complexity index is 704. The topological polar surface area (TPSA) is 139 Å². The van der Waals surface area contributed by atoms with Crippen LogP contribution in [0.15, 0.2) is 23.1 Å². The molecule has 0 saturated heterocycles. The molecule has 2 rings (SSSR count). The summed E-state index contributed by atoms with van der Waals surface area (Å²) in [6.45, 7) is 0.508. The zero-order valence-corrected chi connectivity index (χ0v) is 11.8. The molecule has 1 aromatic rings. The van der Waals surface area contributed by atoms with Gasteiger partial charge in [0, 0.05) is 18.5 Å². The standard InChI is InChI=1S/C12H14N4O4S/c13-6-8-3-9(4-8)7-15-11-2-1-10(21(14,19)20)5-12(11)16(17)18/h1-2,5,8-9,15H,3-4,7H2,(H2,14,19,20)/t8-,9-. The molecule has 1 aromatic carbocycles. The Labute approximate surface area is 121 Å². The first-order valence-corrected chi connectivity index (χ1v) is 7.80. The first-order valence-electron chi connectivity index (χ1n) is 6.26. The third-order valence-corrected chi connectivity index (χ3v) is 4.40. The molecule has 1 fully saturated rings. The molecule has 1 aliphatic carbocycles. The number of anilines is 1. The predicted molar refractivity (Wildman–Crippen MR) is 74.8 cm³/mol. The van der Waals surface area contributed by atoms with Crippen molar-refractivity contribution in [2.24, 2.45) is 17.0 Å². The molecule has 0 unspecified atom stereocenters. The molecule has 0 aliphatic heterocycles. The number of hydrogen-bond donors (Lipinski definition) is 2. The Hall–Kier alpha value is -2.18. The van der Waals surface area contributed by atoms with Crippen LogP contribution in [-0.2, 0) is 10.0 Å². The summed E-state index contributed by atoms with van der Waals surface area (Å²) in [5, 5.41) is 27.6. The predicted octanol–water partition coefficient (Wildman–Crippen LogP) is 1.20. The van der Waals surface area contributed by atoms with Gasteiger partial charge in [0.1, 0.15) is 5.69 Å². The Kier molecular flexibility index (Phi) is 4.11. The minimum Gasteiger partial charge on any atom is -0.379 e. The molecule has 9 heteroatoms. The number of nitrogens with one attached hydrogen (secondary N) is 1. The van der Waals surface area contributed by atoms with Gasteiger partial charge in [-0.3, -0.25) is 10.1 Å². The van der Waals surface area contributed by atoms with E-state index in [0.717, 1.165) is 18.9 Å². The number of primary sulfonamides is 1. The van der Waals surface area contributed by atoms with Gasteiger partial charge in [0.25, 0.3) is 5.69 Å². The molecule has 1 aliphatic rings. The zero-order valence-electron chi connectivity index (χ0n) is 11.0. The van der Waals surface area contributed by atoms with Gasteiger partial charge in [-0.15, -0.1) is 0 Å². The molecule has 0 bridgehead atoms. The molecule has 0 spiro atoms. The van der Waals surface area contributed by atoms with Crippen molar-refractivity contribution < 1.29 is 13.3 Å². The van der Waals surface area contributed by atoms with Crippen LogP contribution in [0.1, 0.15) is 12.8 Å². The average Bonchev–Trinajstić information content (AvgIpc) is 2.35. The lowest BCUT2D eigenvalue weighted by Gasteiger charge is -2.30. The lowest BCUT2D eigenvalue weighted by molar-refractivity contribution is -0.384. The van der Waals surface area contributed by atoms with Gasteiger partial charge in [-0.1, -0.05) is 0 Å². The maximum atomic E-state index is 11.2. The summed E-state index contributed by atoms with van der Waals surface area (Å²) in [5.74, 6) is 0.365. The van der Waals surface area contributed by atoms with Crippen molar-refractivity contribution >= 4 is 21.4 Å². The molecule has 3 N–H and O–H groups in total. The summed E-state index contributed by atoms with van der Waals surface area (Å²) < 4.78 is 22.4. The van der Waals surface area contributed by atoms with Crippen LogP contribution >= 0.6 is 0 Å². The fourth-order valence-electron chi connectivity index (χ4n) is 2.25. The summed E-state index contributed by atoms with van der Waals surface area (Å²) >= 11 is 0. The van der Waals surface area contributed by atoms with Crippen molar-refractivity contribution in [1.29, 1.82) is 5.26 Å². The fraction of sp³-hybridized carbons (Fsp3) is 0.417. The van der Waals surface area contributed by atoms with Crippen molar-refractivity contribution in [2.75, 3.05) is 11.9 Å². The minimum absolute atomic E-state index is 0.0662. The third kappa shape index (κ3) is 3.48. The SMILES string of the molecule is N#C[C@H]1C[C@H](CNc2ccc(S(N)(=O)=O)cc2[N+](=O)[O-])C1. The summed E-state index contributed by atoms with van der Waals surface area (Å²) in [4.78, 5) is 10.1. The Morgan fingerprint density at radius 1 is 1.48 bits per heavy atom. The largest absolute Gasteiger partial charge is 0.379 e. The van der Waals surface area contributed by atoms with Crippen LogP contribution in [0.2, 0.25) is 0 Å². The molecule has 21 heavy (non-hydrogen) atoms. The normalized spacial score (nSPS) is 21.1. The van der Waals surface area contributed by atoms with Crippen LogP contribution in [-0.4, -0.2) is 19.9 Å². The molecule has 1 saturated carbocycles. The highest BCUT2D eigenvalue weighted by Crippen LogP contribution is 2.34. The van der Waals surface area contributed by atoms with Crippen molar-refractivity contribution in [1.82, 2.24) is 0 Å². The Morgan fingerprint density at radius 2 is 2.14 bits per heavy atom. The second-order valence-electron chi connectivity index (χ2n) is 5.03. The van der Waals surface area contributed by atoms with Crippen molar-refractivity contribution in [2.45, 2.75) is 17.7 Å². The van der Waals surface area contributed by atoms with Crippen LogP contribution in [0.25, 0.3) is 0 Å². The molecule has 8 nitrogen and oxygen atoms in total. The number of nitrogens with zero attached hydrogens (tertiary/aromatic N) is 2. The summed E-state index contributed by atoms with van der Waals surface area (Å²) in [5.41, 5.74) is -0.0921. The smallest absolute Gasteiger partial charge is 0.293 e. The molecule has 0 radical (unpaired) electrons. The number of benzene rings is 1. The van der Waals surface area contributed by atoms with Gasteiger partial charge < -0.3 is 5.32 Å². The first-order chi connectivity index (χ1) is 9.81. The molecular formula is C12H14N4O4S. The molecule has 112 valence electrons. The second-order valence-corrected chi connectivity index (χ2v) is 6.59. The highest BCUT2D eigenvalue weighted by Gasteiger charge is 2.29. The number of nitriles is 1. The van der Waals surface area contributed by atoms with Gasteiger partial charge in [-0.05, 0) is 30.9 Å². The van der Waals surface area contributed by atoms with E-state index in [-0.39, 0.29) is 22.2 Å². The average molecular weight is 310 g/mol. The maximum Gasteiger partial charge on any atom is 0.293 e. The zero-order chi connectivity index (χ0) is 15.6. The Morgan fingerprint density at radius 3 is 2.67 bits per heavy atom. The van der Waals surface area contributed by atoms with Crippen LogP contribution in [0.4, 0.5) is 11.4 Å². The number of rotatable bonds is 5. The van der Waals surface area contributed by atoms with E-state index in [0.29, 0.717) is 12.5 Å². The number of nitro benzene ring substituents is 1. The van der Waals surface area contributed by atoms with E-state index in [1.807, 2.05) is 0 Å². The van der Waals surface area contributed by atoms with E-state index in [2.05, 4.69) is 11.4 Å². The van der Waals surface area contributed by atoms with Crippen molar-refractivity contribution in [3.05, 3.63) is 28.3 Å². The summed E-state index contributed by atoms with van der Waals surface area (Å²) in [6.07, 6.45) is 1.54. The van der Waals surface area contributed by atoms with Crippen LogP contribution in [0.3, 0.4) is 0 Å². The second kappa shape index (κ2) is 5.67. The van der Waals surface area contributed by atoms with Gasteiger partial charge in [0.2, 0.25) is 10.0 Å². The minimum atomic E-state index is -3.98. The van der Waals surface area contributed by atoms with E-state index < -0.39 is 14.9 Å². The first kappa shape index (κ1) is 15.2. The van der Waals surface area contributed by atoms with Gasteiger partial charge in [-0.25, -0.2) is 13.6 Å². The molecule has 0 aromatic heterocycles. The van der Waals surface area contributed by atoms with Crippen molar-refractivity contribution in [3.8, 4) is 6.07 Å². The monoisotopic (exact) mass is 310 g/mol. The van der Waals surface area contributed by atoms with E-state index in [1.54, 1.807) is 0 Å². The van der Waals surface area contributed by atoms with Gasteiger partial charge in [0.05, 0.1) is 15.9 Å². The third-order valence-electron chi connectivity index (χ3n) is 3.49. The molecule has 0 atom stereocenters. The highest BCUT2D eigenvalue weighted by atomic mass is 32.2. The van der Waals surface area contributed by atoms with Gasteiger partial charge in [0.15, 0.2) is 0 Å². The van der Waals surface area contributed by atoms with Crippen molar-refractivity contribution in [3.63, 3.8) is 0 Å². The van der Waals surface area contributed by atoms with Gasteiger partial charge >= 0.3 is 0 Å². The fourth-order valence-corrected chi connectivity index (χ4v) is 2.78. The molecule has 0 heterocycles. The van der Waals surface area contributed by atoms with Crippen LogP contribution < -0.4 is 10.5 Å². The number of hydrogen-bond acceptors (Lipinski definition) is 6. The number of sulfonamides is 1. The Balaban J connectivity index is 2.13. The summed E-state index contributed by atoms with van der Waals surface area (Å²) in [6, 6.07) is 5.67. The van der Waals surface area contributed by atoms with E-state index in [4.69, 9.17) is 10.4 Å². The van der Waals surface area contributed by atoms with Crippen LogP contribution in [0, 0.1) is 33.3 Å².